The van der Waals surface area contributed by atoms with Crippen LogP contribution in [0, 0.1) is 0 Å². The molecule has 0 aliphatic carbocycles. The second kappa shape index (κ2) is 5.87. The summed E-state index contributed by atoms with van der Waals surface area (Å²) in [5, 5.41) is 3.34. The largest absolute Gasteiger partial charge is 0.469 e. The fourth-order valence-corrected chi connectivity index (χ4v) is 2.02. The van der Waals surface area contributed by atoms with E-state index in [0.29, 0.717) is 6.42 Å². The molecule has 4 heteroatoms. The highest BCUT2D eigenvalue weighted by Gasteiger charge is 2.21. The van der Waals surface area contributed by atoms with E-state index in [4.69, 9.17) is 0 Å². The standard InChI is InChI=1S/C12H15NO2.ClH/c1-15-12(14)8-11-10-5-3-2-4-9(10)6-7-13-11;/h2-5,11,13H,6-8H2,1H3;1H. The van der Waals surface area contributed by atoms with Gasteiger partial charge in [-0.1, -0.05) is 24.3 Å². The van der Waals surface area contributed by atoms with E-state index in [1.807, 2.05) is 12.1 Å². The van der Waals surface area contributed by atoms with Crippen LogP contribution in [0.15, 0.2) is 24.3 Å². The first-order chi connectivity index (χ1) is 7.31. The number of ether oxygens (including phenoxy) is 1. The summed E-state index contributed by atoms with van der Waals surface area (Å²) < 4.78 is 4.69. The lowest BCUT2D eigenvalue weighted by atomic mass is 9.93. The fraction of sp³-hybridized carbons (Fsp3) is 0.417. The lowest BCUT2D eigenvalue weighted by Gasteiger charge is -2.25. The van der Waals surface area contributed by atoms with Crippen LogP contribution in [0.1, 0.15) is 23.6 Å². The first kappa shape index (κ1) is 13.0. The van der Waals surface area contributed by atoms with Crippen molar-refractivity contribution in [3.8, 4) is 0 Å². The highest BCUT2D eigenvalue weighted by Crippen LogP contribution is 2.25. The minimum absolute atomic E-state index is 0. The van der Waals surface area contributed by atoms with Crippen LogP contribution in [0.2, 0.25) is 0 Å². The van der Waals surface area contributed by atoms with Crippen molar-refractivity contribution < 1.29 is 9.53 Å². The Balaban J connectivity index is 0.00000128. The van der Waals surface area contributed by atoms with E-state index in [2.05, 4.69) is 22.2 Å². The molecule has 1 aliphatic heterocycles. The molecule has 0 saturated carbocycles. The molecule has 3 nitrogen and oxygen atoms in total. The van der Waals surface area contributed by atoms with Gasteiger partial charge >= 0.3 is 5.97 Å². The van der Waals surface area contributed by atoms with Gasteiger partial charge in [0, 0.05) is 6.04 Å². The number of rotatable bonds is 2. The van der Waals surface area contributed by atoms with Gasteiger partial charge in [0.05, 0.1) is 13.5 Å². The number of carbonyl (C=O) groups excluding carboxylic acids is 1. The number of halogens is 1. The van der Waals surface area contributed by atoms with Gasteiger partial charge in [-0.25, -0.2) is 0 Å². The van der Waals surface area contributed by atoms with Gasteiger partial charge in [0.25, 0.3) is 0 Å². The number of hydrogen-bond donors (Lipinski definition) is 1. The Hall–Kier alpha value is -1.06. The molecule has 88 valence electrons. The summed E-state index contributed by atoms with van der Waals surface area (Å²) in [4.78, 5) is 11.2. The van der Waals surface area contributed by atoms with Crippen molar-refractivity contribution >= 4 is 18.4 Å². The summed E-state index contributed by atoms with van der Waals surface area (Å²) >= 11 is 0. The normalized spacial score (nSPS) is 18.2. The first-order valence-electron chi connectivity index (χ1n) is 5.19. The molecule has 1 aromatic rings. The minimum atomic E-state index is -0.163. The number of benzene rings is 1. The number of hydrogen-bond acceptors (Lipinski definition) is 3. The summed E-state index contributed by atoms with van der Waals surface area (Å²) in [7, 11) is 1.43. The molecular weight excluding hydrogens is 226 g/mol. The van der Waals surface area contributed by atoms with Gasteiger partial charge in [-0.05, 0) is 24.1 Å². The van der Waals surface area contributed by atoms with E-state index in [0.717, 1.165) is 13.0 Å². The Morgan fingerprint density at radius 3 is 3.00 bits per heavy atom. The third-order valence-corrected chi connectivity index (χ3v) is 2.81. The third kappa shape index (κ3) is 2.74. The lowest BCUT2D eigenvalue weighted by molar-refractivity contribution is -0.141. The van der Waals surface area contributed by atoms with Crippen LogP contribution in [-0.4, -0.2) is 19.6 Å². The van der Waals surface area contributed by atoms with Crippen LogP contribution >= 0.6 is 12.4 Å². The van der Waals surface area contributed by atoms with E-state index in [-0.39, 0.29) is 24.4 Å². The van der Waals surface area contributed by atoms with Crippen LogP contribution in [0.3, 0.4) is 0 Å². The highest BCUT2D eigenvalue weighted by atomic mass is 35.5. The molecule has 0 amide bonds. The second-order valence-electron chi connectivity index (χ2n) is 3.74. The maximum absolute atomic E-state index is 11.2. The molecule has 1 N–H and O–H groups in total. The van der Waals surface area contributed by atoms with Crippen molar-refractivity contribution in [2.45, 2.75) is 18.9 Å². The molecule has 0 fully saturated rings. The lowest BCUT2D eigenvalue weighted by Crippen LogP contribution is -2.31. The van der Waals surface area contributed by atoms with Crippen molar-refractivity contribution in [1.82, 2.24) is 5.32 Å². The van der Waals surface area contributed by atoms with Crippen molar-refractivity contribution in [2.75, 3.05) is 13.7 Å². The molecule has 16 heavy (non-hydrogen) atoms. The molecule has 0 saturated heterocycles. The number of esters is 1. The van der Waals surface area contributed by atoms with Gasteiger partial charge in [0.2, 0.25) is 0 Å². The molecule has 0 radical (unpaired) electrons. The molecule has 0 bridgehead atoms. The molecule has 1 unspecified atom stereocenters. The van der Waals surface area contributed by atoms with Crippen LogP contribution in [0.4, 0.5) is 0 Å². The average Bonchev–Trinajstić information content (AvgIpc) is 2.29. The molecule has 2 rings (SSSR count). The summed E-state index contributed by atoms with van der Waals surface area (Å²) in [6, 6.07) is 8.37. The number of nitrogens with one attached hydrogen (secondary N) is 1. The molecule has 1 aromatic carbocycles. The van der Waals surface area contributed by atoms with Crippen LogP contribution in [0.5, 0.6) is 0 Å². The Kier molecular flexibility index (Phi) is 4.77. The van der Waals surface area contributed by atoms with Crippen molar-refractivity contribution in [1.29, 1.82) is 0 Å². The van der Waals surface area contributed by atoms with Gasteiger partial charge in [-0.3, -0.25) is 4.79 Å². The van der Waals surface area contributed by atoms with E-state index >= 15 is 0 Å². The summed E-state index contributed by atoms with van der Waals surface area (Å²) in [6.07, 6.45) is 1.45. The number of methoxy groups -OCH3 is 1. The molecular formula is C12H16ClNO2. The Bertz CT molecular complexity index is 368. The number of carbonyl (C=O) groups is 1. The fourth-order valence-electron chi connectivity index (χ4n) is 2.02. The maximum atomic E-state index is 11.2. The van der Waals surface area contributed by atoms with Gasteiger partial charge in [0.1, 0.15) is 0 Å². The second-order valence-corrected chi connectivity index (χ2v) is 3.74. The molecule has 0 aromatic heterocycles. The SMILES string of the molecule is COC(=O)CC1NCCc2ccccc21.Cl. The summed E-state index contributed by atoms with van der Waals surface area (Å²) in [5.41, 5.74) is 2.57. The van der Waals surface area contributed by atoms with Crippen LogP contribution in [-0.2, 0) is 16.0 Å². The third-order valence-electron chi connectivity index (χ3n) is 2.81. The van der Waals surface area contributed by atoms with Crippen molar-refractivity contribution in [2.24, 2.45) is 0 Å². The van der Waals surface area contributed by atoms with Crippen LogP contribution in [0.25, 0.3) is 0 Å². The van der Waals surface area contributed by atoms with Crippen molar-refractivity contribution in [3.63, 3.8) is 0 Å². The zero-order valence-electron chi connectivity index (χ0n) is 9.23. The van der Waals surface area contributed by atoms with Crippen LogP contribution < -0.4 is 5.32 Å². The predicted molar refractivity (Wildman–Crippen MR) is 64.8 cm³/mol. The van der Waals surface area contributed by atoms with Gasteiger partial charge < -0.3 is 10.1 Å². The molecule has 1 atom stereocenters. The predicted octanol–water partition coefficient (Wildman–Crippen LogP) is 1.86. The topological polar surface area (TPSA) is 38.3 Å². The van der Waals surface area contributed by atoms with Gasteiger partial charge in [-0.15, -0.1) is 12.4 Å². The highest BCUT2D eigenvalue weighted by molar-refractivity contribution is 5.85. The molecule has 1 aliphatic rings. The Morgan fingerprint density at radius 2 is 2.25 bits per heavy atom. The van der Waals surface area contributed by atoms with Gasteiger partial charge in [-0.2, -0.15) is 0 Å². The van der Waals surface area contributed by atoms with E-state index < -0.39 is 0 Å². The van der Waals surface area contributed by atoms with Gasteiger partial charge in [0.15, 0.2) is 0 Å². The Labute approximate surface area is 102 Å². The van der Waals surface area contributed by atoms with E-state index in [9.17, 15) is 4.79 Å². The van der Waals surface area contributed by atoms with E-state index in [1.54, 1.807) is 0 Å². The summed E-state index contributed by atoms with van der Waals surface area (Å²) in [6.45, 7) is 0.929. The average molecular weight is 242 g/mol. The monoisotopic (exact) mass is 241 g/mol. The molecule has 1 heterocycles. The quantitative estimate of drug-likeness (QED) is 0.804. The minimum Gasteiger partial charge on any atom is -0.469 e. The first-order valence-corrected chi connectivity index (χ1v) is 5.19. The molecule has 0 spiro atoms. The zero-order valence-corrected chi connectivity index (χ0v) is 10.0. The number of fused-ring (bicyclic) bond motifs is 1. The van der Waals surface area contributed by atoms with Crippen molar-refractivity contribution in [3.05, 3.63) is 35.4 Å². The summed E-state index contributed by atoms with van der Waals surface area (Å²) in [5.74, 6) is -0.163. The zero-order chi connectivity index (χ0) is 10.7. The smallest absolute Gasteiger partial charge is 0.307 e. The van der Waals surface area contributed by atoms with E-state index in [1.165, 1.54) is 18.2 Å². The Morgan fingerprint density at radius 1 is 1.50 bits per heavy atom. The maximum Gasteiger partial charge on any atom is 0.307 e.